The van der Waals surface area contributed by atoms with E-state index >= 15 is 0 Å². The zero-order valence-electron chi connectivity index (χ0n) is 8.50. The maximum absolute atomic E-state index is 11.6. The van der Waals surface area contributed by atoms with Crippen molar-refractivity contribution in [1.29, 1.82) is 0 Å². The number of hydrogen-bond donors (Lipinski definition) is 1. The summed E-state index contributed by atoms with van der Waals surface area (Å²) in [5.41, 5.74) is 2.86. The van der Waals surface area contributed by atoms with Crippen LogP contribution in [-0.2, 0) is 0 Å². The van der Waals surface area contributed by atoms with Crippen LogP contribution < -0.4 is 10.2 Å². The average molecular weight is 190 g/mol. The first-order chi connectivity index (χ1) is 6.68. The molecule has 2 rings (SSSR count). The molecule has 1 aromatic carbocycles. The van der Waals surface area contributed by atoms with Crippen LogP contribution in [0.15, 0.2) is 18.2 Å². The van der Waals surface area contributed by atoms with Crippen LogP contribution >= 0.6 is 0 Å². The van der Waals surface area contributed by atoms with Gasteiger partial charge in [-0.25, -0.2) is 0 Å². The Morgan fingerprint density at radius 2 is 2.14 bits per heavy atom. The topological polar surface area (TPSA) is 32.3 Å². The van der Waals surface area contributed by atoms with E-state index in [2.05, 4.69) is 5.32 Å². The molecule has 1 N–H and O–H groups in total. The van der Waals surface area contributed by atoms with Gasteiger partial charge < -0.3 is 10.2 Å². The van der Waals surface area contributed by atoms with Crippen molar-refractivity contribution in [2.45, 2.75) is 6.42 Å². The van der Waals surface area contributed by atoms with E-state index in [1.165, 1.54) is 0 Å². The van der Waals surface area contributed by atoms with Gasteiger partial charge in [0.1, 0.15) is 0 Å². The third kappa shape index (κ3) is 1.45. The van der Waals surface area contributed by atoms with Crippen LogP contribution in [0.1, 0.15) is 16.8 Å². The molecule has 1 aromatic rings. The molecule has 3 heteroatoms. The van der Waals surface area contributed by atoms with Crippen molar-refractivity contribution in [2.75, 3.05) is 30.9 Å². The molecule has 1 aliphatic rings. The molecule has 0 radical (unpaired) electrons. The Labute approximate surface area is 83.7 Å². The van der Waals surface area contributed by atoms with Crippen LogP contribution in [0.3, 0.4) is 0 Å². The van der Waals surface area contributed by atoms with Gasteiger partial charge in [0.15, 0.2) is 5.78 Å². The van der Waals surface area contributed by atoms with E-state index < -0.39 is 0 Å². The number of hydrogen-bond acceptors (Lipinski definition) is 3. The quantitative estimate of drug-likeness (QED) is 0.732. The van der Waals surface area contributed by atoms with Crippen LogP contribution in [-0.4, -0.2) is 26.4 Å². The van der Waals surface area contributed by atoms with Crippen LogP contribution in [0.5, 0.6) is 0 Å². The van der Waals surface area contributed by atoms with Crippen molar-refractivity contribution >= 4 is 17.2 Å². The lowest BCUT2D eigenvalue weighted by molar-refractivity contribution is 0.0984. The molecule has 0 spiro atoms. The highest BCUT2D eigenvalue weighted by Gasteiger charge is 2.16. The van der Waals surface area contributed by atoms with Crippen LogP contribution in [0, 0.1) is 0 Å². The van der Waals surface area contributed by atoms with E-state index in [-0.39, 0.29) is 5.78 Å². The second-order valence-electron chi connectivity index (χ2n) is 3.72. The zero-order valence-corrected chi connectivity index (χ0v) is 8.50. The van der Waals surface area contributed by atoms with Gasteiger partial charge in [-0.1, -0.05) is 0 Å². The number of benzene rings is 1. The van der Waals surface area contributed by atoms with Gasteiger partial charge in [-0.3, -0.25) is 4.79 Å². The van der Waals surface area contributed by atoms with E-state index in [0.29, 0.717) is 6.42 Å². The van der Waals surface area contributed by atoms with Crippen molar-refractivity contribution in [3.8, 4) is 0 Å². The van der Waals surface area contributed by atoms with E-state index in [0.717, 1.165) is 23.5 Å². The lowest BCUT2D eigenvalue weighted by Gasteiger charge is -2.20. The van der Waals surface area contributed by atoms with Gasteiger partial charge >= 0.3 is 0 Å². The van der Waals surface area contributed by atoms with E-state index in [1.54, 1.807) is 0 Å². The van der Waals surface area contributed by atoms with Gasteiger partial charge in [-0.05, 0) is 18.2 Å². The molecule has 1 heterocycles. The number of Topliss-reactive ketones (excluding diaryl/α,β-unsaturated/α-hetero) is 1. The second kappa shape index (κ2) is 3.33. The minimum absolute atomic E-state index is 0.238. The summed E-state index contributed by atoms with van der Waals surface area (Å²) < 4.78 is 0. The second-order valence-corrected chi connectivity index (χ2v) is 3.72. The normalized spacial score (nSPS) is 14.6. The molecular weight excluding hydrogens is 176 g/mol. The van der Waals surface area contributed by atoms with E-state index in [4.69, 9.17) is 0 Å². The lowest BCUT2D eigenvalue weighted by atomic mass is 10.0. The van der Waals surface area contributed by atoms with Gasteiger partial charge in [0.25, 0.3) is 0 Å². The summed E-state index contributed by atoms with van der Waals surface area (Å²) in [4.78, 5) is 13.6. The minimum atomic E-state index is 0.238. The molecule has 14 heavy (non-hydrogen) atoms. The Kier molecular flexibility index (Phi) is 2.15. The van der Waals surface area contributed by atoms with Crippen molar-refractivity contribution in [1.82, 2.24) is 0 Å². The molecule has 0 saturated carbocycles. The molecule has 0 bridgehead atoms. The Bertz CT molecular complexity index is 372. The van der Waals surface area contributed by atoms with Gasteiger partial charge in [-0.2, -0.15) is 0 Å². The van der Waals surface area contributed by atoms with Crippen LogP contribution in [0.2, 0.25) is 0 Å². The first-order valence-electron chi connectivity index (χ1n) is 4.77. The molecule has 0 fully saturated rings. The highest BCUT2D eigenvalue weighted by Crippen LogP contribution is 2.26. The van der Waals surface area contributed by atoms with Crippen molar-refractivity contribution in [3.63, 3.8) is 0 Å². The monoisotopic (exact) mass is 190 g/mol. The first-order valence-corrected chi connectivity index (χ1v) is 4.77. The Hall–Kier alpha value is -1.51. The van der Waals surface area contributed by atoms with Crippen molar-refractivity contribution in [2.24, 2.45) is 0 Å². The number of fused-ring (bicyclic) bond motifs is 1. The summed E-state index contributed by atoms with van der Waals surface area (Å²) in [7, 11) is 3.95. The third-order valence-corrected chi connectivity index (χ3v) is 2.49. The summed E-state index contributed by atoms with van der Waals surface area (Å²) in [6.07, 6.45) is 0.601. The average Bonchev–Trinajstić information content (AvgIpc) is 2.18. The predicted octanol–water partition coefficient (Wildman–Crippen LogP) is 1.75. The lowest BCUT2D eigenvalue weighted by Crippen LogP contribution is -2.19. The Balaban J connectivity index is 2.46. The third-order valence-electron chi connectivity index (χ3n) is 2.49. The molecule has 74 valence electrons. The summed E-state index contributed by atoms with van der Waals surface area (Å²) in [5, 5.41) is 3.22. The molecule has 0 aliphatic carbocycles. The fraction of sp³-hybridized carbons (Fsp3) is 0.364. The highest BCUT2D eigenvalue weighted by molar-refractivity contribution is 6.03. The number of carbonyl (C=O) groups excluding carboxylic acids is 1. The molecule has 0 amide bonds. The van der Waals surface area contributed by atoms with Gasteiger partial charge in [0.2, 0.25) is 0 Å². The van der Waals surface area contributed by atoms with Gasteiger partial charge in [-0.15, -0.1) is 0 Å². The molecule has 0 saturated heterocycles. The molecular formula is C11H14N2O. The van der Waals surface area contributed by atoms with E-state index in [9.17, 15) is 4.79 Å². The largest absolute Gasteiger partial charge is 0.384 e. The molecule has 0 aromatic heterocycles. The molecule has 3 nitrogen and oxygen atoms in total. The Morgan fingerprint density at radius 1 is 1.36 bits per heavy atom. The summed E-state index contributed by atoms with van der Waals surface area (Å²) >= 11 is 0. The number of anilines is 2. The first kappa shape index (κ1) is 9.06. The number of rotatable bonds is 1. The zero-order chi connectivity index (χ0) is 10.1. The summed E-state index contributed by atoms with van der Waals surface area (Å²) in [6, 6.07) is 5.94. The van der Waals surface area contributed by atoms with E-state index in [1.807, 2.05) is 37.2 Å². The number of ketones is 1. The van der Waals surface area contributed by atoms with Gasteiger partial charge in [0, 0.05) is 44.0 Å². The smallest absolute Gasteiger partial charge is 0.166 e. The SMILES string of the molecule is CN(C)c1ccc2c(c1)C(=O)CCN2. The number of nitrogens with one attached hydrogen (secondary N) is 1. The predicted molar refractivity (Wildman–Crippen MR) is 58.2 cm³/mol. The molecule has 0 atom stereocenters. The maximum atomic E-state index is 11.6. The summed E-state index contributed by atoms with van der Waals surface area (Å²) in [5.74, 6) is 0.238. The minimum Gasteiger partial charge on any atom is -0.384 e. The molecule has 1 aliphatic heterocycles. The van der Waals surface area contributed by atoms with Gasteiger partial charge in [0.05, 0.1) is 0 Å². The number of nitrogens with zero attached hydrogens (tertiary/aromatic N) is 1. The fourth-order valence-electron chi connectivity index (χ4n) is 1.64. The van der Waals surface area contributed by atoms with Crippen molar-refractivity contribution < 1.29 is 4.79 Å². The fourth-order valence-corrected chi connectivity index (χ4v) is 1.64. The number of carbonyl (C=O) groups is 1. The van der Waals surface area contributed by atoms with Crippen LogP contribution in [0.4, 0.5) is 11.4 Å². The standard InChI is InChI=1S/C11H14N2O/c1-13(2)8-3-4-10-9(7-8)11(14)5-6-12-10/h3-4,7,12H,5-6H2,1-2H3. The highest BCUT2D eigenvalue weighted by atomic mass is 16.1. The Morgan fingerprint density at radius 3 is 2.86 bits per heavy atom. The van der Waals surface area contributed by atoms with Crippen LogP contribution in [0.25, 0.3) is 0 Å². The summed E-state index contributed by atoms with van der Waals surface area (Å²) in [6.45, 7) is 0.757. The molecule has 0 unspecified atom stereocenters. The maximum Gasteiger partial charge on any atom is 0.166 e. The van der Waals surface area contributed by atoms with Crippen molar-refractivity contribution in [3.05, 3.63) is 23.8 Å².